The Hall–Kier alpha value is -2.40. The van der Waals surface area contributed by atoms with E-state index < -0.39 is 11.7 Å². The summed E-state index contributed by atoms with van der Waals surface area (Å²) in [5, 5.41) is 14.4. The number of nitrogens with one attached hydrogen (secondary N) is 1. The van der Waals surface area contributed by atoms with Crippen molar-refractivity contribution in [3.8, 4) is 0 Å². The molecule has 0 bridgehead atoms. The molecule has 0 radical (unpaired) electrons. The predicted octanol–water partition coefficient (Wildman–Crippen LogP) is 2.19. The highest BCUT2D eigenvalue weighted by Crippen LogP contribution is 2.33. The lowest BCUT2D eigenvalue weighted by Gasteiger charge is -2.41. The van der Waals surface area contributed by atoms with Crippen LogP contribution in [0.4, 0.5) is 18.0 Å². The van der Waals surface area contributed by atoms with Crippen LogP contribution in [0.3, 0.4) is 0 Å². The van der Waals surface area contributed by atoms with Crippen molar-refractivity contribution in [3.63, 3.8) is 0 Å². The van der Waals surface area contributed by atoms with Crippen LogP contribution in [0.2, 0.25) is 5.02 Å². The summed E-state index contributed by atoms with van der Waals surface area (Å²) in [6, 6.07) is 3.48. The number of nitrogens with zero attached hydrogens (tertiary/aromatic N) is 6. The molecule has 0 unspecified atom stereocenters. The van der Waals surface area contributed by atoms with Gasteiger partial charge in [-0.05, 0) is 40.6 Å². The molecule has 1 aromatic carbocycles. The van der Waals surface area contributed by atoms with Crippen molar-refractivity contribution in [1.82, 2.24) is 35.3 Å². The molecule has 2 amide bonds. The zero-order valence-corrected chi connectivity index (χ0v) is 16.1. The first-order chi connectivity index (χ1) is 13.8. The van der Waals surface area contributed by atoms with Crippen LogP contribution in [0.1, 0.15) is 23.6 Å². The van der Waals surface area contributed by atoms with Crippen LogP contribution in [0.15, 0.2) is 24.5 Å². The summed E-state index contributed by atoms with van der Waals surface area (Å²) < 4.78 is 41.0. The first-order valence-electron chi connectivity index (χ1n) is 9.16. The van der Waals surface area contributed by atoms with E-state index in [1.165, 1.54) is 18.5 Å². The van der Waals surface area contributed by atoms with Gasteiger partial charge >= 0.3 is 12.2 Å². The lowest BCUT2D eigenvalue weighted by molar-refractivity contribution is -0.138. The van der Waals surface area contributed by atoms with Crippen molar-refractivity contribution in [2.24, 2.45) is 0 Å². The molecular weight excluding hydrogens is 411 g/mol. The number of alkyl halides is 3. The van der Waals surface area contributed by atoms with Crippen molar-refractivity contribution >= 4 is 17.6 Å². The second-order valence-corrected chi connectivity index (χ2v) is 7.68. The Kier molecular flexibility index (Phi) is 5.34. The lowest BCUT2D eigenvalue weighted by Crippen LogP contribution is -2.62. The average molecular weight is 430 g/mol. The molecule has 2 aromatic rings. The van der Waals surface area contributed by atoms with Crippen LogP contribution in [-0.2, 0) is 12.7 Å². The van der Waals surface area contributed by atoms with Crippen LogP contribution in [0.25, 0.3) is 0 Å². The highest BCUT2D eigenvalue weighted by molar-refractivity contribution is 6.30. The van der Waals surface area contributed by atoms with Crippen molar-refractivity contribution < 1.29 is 18.0 Å². The first kappa shape index (κ1) is 19.9. The summed E-state index contributed by atoms with van der Waals surface area (Å²) in [7, 11) is 0. The molecule has 4 rings (SSSR count). The number of benzene rings is 1. The van der Waals surface area contributed by atoms with Crippen molar-refractivity contribution in [1.29, 1.82) is 0 Å². The molecule has 8 nitrogen and oxygen atoms in total. The molecule has 0 aliphatic carbocycles. The zero-order valence-electron chi connectivity index (χ0n) is 15.3. The molecule has 0 saturated carbocycles. The van der Waals surface area contributed by atoms with Gasteiger partial charge in [-0.3, -0.25) is 0 Å². The minimum Gasteiger partial charge on any atom is -0.322 e. The fourth-order valence-corrected chi connectivity index (χ4v) is 3.87. The van der Waals surface area contributed by atoms with E-state index in [1.807, 2.05) is 0 Å². The van der Waals surface area contributed by atoms with E-state index in [1.54, 1.807) is 14.5 Å². The van der Waals surface area contributed by atoms with Gasteiger partial charge in [-0.25, -0.2) is 9.48 Å². The minimum absolute atomic E-state index is 0.0349. The number of carbonyl (C=O) groups is 1. The van der Waals surface area contributed by atoms with Crippen molar-refractivity contribution in [3.05, 3.63) is 40.7 Å². The molecule has 156 valence electrons. The van der Waals surface area contributed by atoms with E-state index in [4.69, 9.17) is 11.6 Å². The standard InChI is InChI=1S/C17H19ClF3N7O/c18-12-1-2-15(17(19,20)21)11(5-12)6-22-13-7-27(8-13)16(29)26-4-3-14(9-26)28-10-23-24-25-28/h1-2,5,10,13-14,22H,3-4,6-9H2/t14-/m0/s1. The molecule has 2 saturated heterocycles. The molecule has 0 spiro atoms. The smallest absolute Gasteiger partial charge is 0.322 e. The Bertz CT molecular complexity index is 870. The maximum absolute atomic E-state index is 13.1. The number of hydrogen-bond acceptors (Lipinski definition) is 5. The Morgan fingerprint density at radius 1 is 1.24 bits per heavy atom. The van der Waals surface area contributed by atoms with Crippen molar-refractivity contribution in [2.45, 2.75) is 31.2 Å². The van der Waals surface area contributed by atoms with Gasteiger partial charge in [-0.1, -0.05) is 11.6 Å². The Morgan fingerprint density at radius 3 is 2.72 bits per heavy atom. The predicted molar refractivity (Wildman–Crippen MR) is 97.1 cm³/mol. The minimum atomic E-state index is -4.44. The maximum atomic E-state index is 13.1. The molecule has 2 fully saturated rings. The van der Waals surface area contributed by atoms with Gasteiger partial charge in [0, 0.05) is 43.8 Å². The van der Waals surface area contributed by atoms with E-state index in [0.717, 1.165) is 12.5 Å². The lowest BCUT2D eigenvalue weighted by atomic mass is 10.1. The van der Waals surface area contributed by atoms with Gasteiger partial charge in [0.05, 0.1) is 11.6 Å². The molecule has 12 heteroatoms. The van der Waals surface area contributed by atoms with Crippen LogP contribution in [0.5, 0.6) is 0 Å². The summed E-state index contributed by atoms with van der Waals surface area (Å²) in [6.07, 6.45) is -2.12. The zero-order chi connectivity index (χ0) is 20.6. The quantitative estimate of drug-likeness (QED) is 0.806. The third kappa shape index (κ3) is 4.30. The number of hydrogen-bond donors (Lipinski definition) is 1. The van der Waals surface area contributed by atoms with E-state index in [9.17, 15) is 18.0 Å². The number of carbonyl (C=O) groups excluding carboxylic acids is 1. The molecular formula is C17H19ClF3N7O. The monoisotopic (exact) mass is 429 g/mol. The highest BCUT2D eigenvalue weighted by Gasteiger charge is 2.37. The van der Waals surface area contributed by atoms with Crippen molar-refractivity contribution in [2.75, 3.05) is 26.2 Å². The van der Waals surface area contributed by atoms with Crippen LogP contribution < -0.4 is 5.32 Å². The first-order valence-corrected chi connectivity index (χ1v) is 9.54. The molecule has 2 aliphatic heterocycles. The molecule has 1 aromatic heterocycles. The summed E-state index contributed by atoms with van der Waals surface area (Å²) in [5.41, 5.74) is -0.606. The highest BCUT2D eigenvalue weighted by atomic mass is 35.5. The van der Waals surface area contributed by atoms with Gasteiger partial charge in [0.25, 0.3) is 0 Å². The average Bonchev–Trinajstić information content (AvgIpc) is 3.30. The Morgan fingerprint density at radius 2 is 2.03 bits per heavy atom. The number of rotatable bonds is 4. The third-order valence-electron chi connectivity index (χ3n) is 5.28. The Labute approximate surface area is 169 Å². The number of halogens is 4. The third-order valence-corrected chi connectivity index (χ3v) is 5.51. The molecule has 1 N–H and O–H groups in total. The van der Waals surface area contributed by atoms with Crippen LogP contribution in [-0.4, -0.2) is 68.3 Å². The topological polar surface area (TPSA) is 79.2 Å². The summed E-state index contributed by atoms with van der Waals surface area (Å²) in [4.78, 5) is 16.0. The maximum Gasteiger partial charge on any atom is 0.416 e. The fraction of sp³-hybridized carbons (Fsp3) is 0.529. The van der Waals surface area contributed by atoms with E-state index in [-0.39, 0.29) is 35.2 Å². The molecule has 3 heterocycles. The van der Waals surface area contributed by atoms with E-state index in [0.29, 0.717) is 26.2 Å². The molecule has 2 aliphatic rings. The van der Waals surface area contributed by atoms with Gasteiger partial charge in [0.15, 0.2) is 0 Å². The molecule has 29 heavy (non-hydrogen) atoms. The van der Waals surface area contributed by atoms with Crippen LogP contribution >= 0.6 is 11.6 Å². The number of likely N-dealkylation sites (tertiary alicyclic amines) is 2. The number of aromatic nitrogens is 4. The number of amides is 2. The largest absolute Gasteiger partial charge is 0.416 e. The van der Waals surface area contributed by atoms with E-state index >= 15 is 0 Å². The second kappa shape index (κ2) is 7.79. The number of urea groups is 1. The second-order valence-electron chi connectivity index (χ2n) is 7.24. The van der Waals surface area contributed by atoms with Gasteiger partial charge in [-0.15, -0.1) is 5.10 Å². The van der Waals surface area contributed by atoms with Gasteiger partial charge in [0.1, 0.15) is 6.33 Å². The summed E-state index contributed by atoms with van der Waals surface area (Å²) in [5.74, 6) is 0. The van der Waals surface area contributed by atoms with Gasteiger partial charge < -0.3 is 15.1 Å². The Balaban J connectivity index is 1.27. The summed E-state index contributed by atoms with van der Waals surface area (Å²) in [6.45, 7) is 2.10. The summed E-state index contributed by atoms with van der Waals surface area (Å²) >= 11 is 5.85. The SMILES string of the molecule is O=C(N1CC(NCc2cc(Cl)ccc2C(F)(F)F)C1)N1CC[C@H](n2cnnn2)C1. The molecule has 1 atom stereocenters. The normalized spacial score (nSPS) is 20.2. The van der Waals surface area contributed by atoms with Gasteiger partial charge in [0.2, 0.25) is 0 Å². The number of tetrazole rings is 1. The fourth-order valence-electron chi connectivity index (χ4n) is 3.67. The van der Waals surface area contributed by atoms with Crippen LogP contribution in [0, 0.1) is 0 Å². The van der Waals surface area contributed by atoms with Gasteiger partial charge in [-0.2, -0.15) is 13.2 Å². The van der Waals surface area contributed by atoms with E-state index in [2.05, 4.69) is 20.8 Å².